The zero-order valence-corrected chi connectivity index (χ0v) is 10.8. The predicted molar refractivity (Wildman–Crippen MR) is 68.4 cm³/mol. The Hall–Kier alpha value is -1.22. The molecule has 94 valence electrons. The van der Waals surface area contributed by atoms with Gasteiger partial charge in [0.2, 0.25) is 0 Å². The van der Waals surface area contributed by atoms with E-state index in [0.29, 0.717) is 5.92 Å². The van der Waals surface area contributed by atoms with E-state index in [4.69, 9.17) is 15.2 Å². The second-order valence-corrected chi connectivity index (χ2v) is 5.12. The minimum Gasteiger partial charge on any atom is -0.497 e. The summed E-state index contributed by atoms with van der Waals surface area (Å²) in [6, 6.07) is 5.91. The van der Waals surface area contributed by atoms with Crippen LogP contribution in [0.3, 0.4) is 0 Å². The first-order valence-electron chi connectivity index (χ1n) is 6.20. The third-order valence-electron chi connectivity index (χ3n) is 3.16. The summed E-state index contributed by atoms with van der Waals surface area (Å²) in [5.74, 6) is 2.38. The number of benzene rings is 1. The molecule has 3 heteroatoms. The lowest BCUT2D eigenvalue weighted by Crippen LogP contribution is -2.30. The molecule has 1 heterocycles. The molecule has 0 radical (unpaired) electrons. The van der Waals surface area contributed by atoms with Gasteiger partial charge in [0.1, 0.15) is 17.6 Å². The van der Waals surface area contributed by atoms with Gasteiger partial charge in [0.15, 0.2) is 0 Å². The molecule has 0 bridgehead atoms. The van der Waals surface area contributed by atoms with Crippen molar-refractivity contribution in [1.29, 1.82) is 0 Å². The number of methoxy groups -OCH3 is 1. The van der Waals surface area contributed by atoms with Crippen LogP contribution in [0.5, 0.6) is 11.5 Å². The van der Waals surface area contributed by atoms with Crippen molar-refractivity contribution in [2.24, 2.45) is 11.7 Å². The van der Waals surface area contributed by atoms with Gasteiger partial charge in [-0.05, 0) is 30.5 Å². The maximum atomic E-state index is 6.20. The Morgan fingerprint density at radius 3 is 2.88 bits per heavy atom. The molecule has 1 aliphatic rings. The topological polar surface area (TPSA) is 44.5 Å². The van der Waals surface area contributed by atoms with Crippen molar-refractivity contribution < 1.29 is 9.47 Å². The number of hydrogen-bond acceptors (Lipinski definition) is 3. The molecule has 1 aliphatic heterocycles. The van der Waals surface area contributed by atoms with E-state index in [9.17, 15) is 0 Å². The molecule has 0 saturated heterocycles. The van der Waals surface area contributed by atoms with Crippen molar-refractivity contribution in [3.63, 3.8) is 0 Å². The number of nitrogens with two attached hydrogens (primary N) is 1. The number of rotatable bonds is 3. The zero-order chi connectivity index (χ0) is 12.4. The Kier molecular flexibility index (Phi) is 3.57. The number of ether oxygens (including phenoxy) is 2. The highest BCUT2D eigenvalue weighted by Crippen LogP contribution is 2.37. The van der Waals surface area contributed by atoms with E-state index in [2.05, 4.69) is 13.8 Å². The standard InChI is InChI=1S/C14H21NO2/c1-9(2)6-11-8-13(15)12-7-10(16-3)4-5-14(12)17-11/h4-5,7,9,11,13H,6,8,15H2,1-3H3/t11?,13-/m1/s1. The summed E-state index contributed by atoms with van der Waals surface area (Å²) >= 11 is 0. The van der Waals surface area contributed by atoms with E-state index in [0.717, 1.165) is 29.9 Å². The summed E-state index contributed by atoms with van der Waals surface area (Å²) in [5.41, 5.74) is 7.26. The summed E-state index contributed by atoms with van der Waals surface area (Å²) in [5, 5.41) is 0. The average molecular weight is 235 g/mol. The summed E-state index contributed by atoms with van der Waals surface area (Å²) in [7, 11) is 1.67. The van der Waals surface area contributed by atoms with Crippen LogP contribution in [-0.2, 0) is 0 Å². The molecule has 1 aromatic rings. The summed E-state index contributed by atoms with van der Waals surface area (Å²) in [6.07, 6.45) is 2.18. The number of hydrogen-bond donors (Lipinski definition) is 1. The third kappa shape index (κ3) is 2.72. The minimum atomic E-state index is 0.0533. The van der Waals surface area contributed by atoms with E-state index in [-0.39, 0.29) is 12.1 Å². The zero-order valence-electron chi connectivity index (χ0n) is 10.8. The molecule has 1 aromatic carbocycles. The smallest absolute Gasteiger partial charge is 0.124 e. The van der Waals surface area contributed by atoms with Gasteiger partial charge in [-0.15, -0.1) is 0 Å². The largest absolute Gasteiger partial charge is 0.497 e. The SMILES string of the molecule is COc1ccc2c(c1)[C@H](N)CC(CC(C)C)O2. The molecule has 2 rings (SSSR count). The first-order chi connectivity index (χ1) is 8.10. The summed E-state index contributed by atoms with van der Waals surface area (Å²) in [4.78, 5) is 0. The highest BCUT2D eigenvalue weighted by molar-refractivity contribution is 5.43. The Morgan fingerprint density at radius 2 is 2.24 bits per heavy atom. The second-order valence-electron chi connectivity index (χ2n) is 5.12. The Balaban J connectivity index is 2.19. The van der Waals surface area contributed by atoms with Crippen LogP contribution >= 0.6 is 0 Å². The van der Waals surface area contributed by atoms with Gasteiger partial charge in [-0.25, -0.2) is 0 Å². The molecule has 0 aromatic heterocycles. The van der Waals surface area contributed by atoms with Gasteiger partial charge in [-0.2, -0.15) is 0 Å². The molecule has 0 fully saturated rings. The van der Waals surface area contributed by atoms with Crippen LogP contribution in [-0.4, -0.2) is 13.2 Å². The summed E-state index contributed by atoms with van der Waals surface area (Å²) < 4.78 is 11.2. The molecule has 1 unspecified atom stereocenters. The quantitative estimate of drug-likeness (QED) is 0.876. The number of fused-ring (bicyclic) bond motifs is 1. The van der Waals surface area contributed by atoms with Crippen LogP contribution in [0.1, 0.15) is 38.3 Å². The van der Waals surface area contributed by atoms with Crippen LogP contribution in [0.2, 0.25) is 0 Å². The Morgan fingerprint density at radius 1 is 1.47 bits per heavy atom. The van der Waals surface area contributed by atoms with Crippen molar-refractivity contribution in [3.8, 4) is 11.5 Å². The fraction of sp³-hybridized carbons (Fsp3) is 0.571. The van der Waals surface area contributed by atoms with Crippen molar-refractivity contribution in [3.05, 3.63) is 23.8 Å². The first-order valence-corrected chi connectivity index (χ1v) is 6.20. The van der Waals surface area contributed by atoms with Crippen LogP contribution in [0, 0.1) is 5.92 Å². The van der Waals surface area contributed by atoms with Gasteiger partial charge in [0, 0.05) is 18.0 Å². The summed E-state index contributed by atoms with van der Waals surface area (Å²) in [6.45, 7) is 4.41. The lowest BCUT2D eigenvalue weighted by Gasteiger charge is -2.31. The highest BCUT2D eigenvalue weighted by Gasteiger charge is 2.26. The van der Waals surface area contributed by atoms with Crippen LogP contribution in [0.25, 0.3) is 0 Å². The lowest BCUT2D eigenvalue weighted by molar-refractivity contribution is 0.136. The van der Waals surface area contributed by atoms with Gasteiger partial charge < -0.3 is 15.2 Å². The van der Waals surface area contributed by atoms with E-state index in [1.54, 1.807) is 7.11 Å². The molecule has 0 spiro atoms. The molecule has 2 atom stereocenters. The van der Waals surface area contributed by atoms with Gasteiger partial charge in [-0.3, -0.25) is 0 Å². The van der Waals surface area contributed by atoms with E-state index in [1.807, 2.05) is 18.2 Å². The molecular weight excluding hydrogens is 214 g/mol. The molecule has 3 nitrogen and oxygen atoms in total. The molecular formula is C14H21NO2. The average Bonchev–Trinajstić information content (AvgIpc) is 2.28. The molecule has 0 saturated carbocycles. The van der Waals surface area contributed by atoms with Crippen molar-refractivity contribution in [1.82, 2.24) is 0 Å². The molecule has 0 amide bonds. The fourth-order valence-corrected chi connectivity index (χ4v) is 2.36. The van der Waals surface area contributed by atoms with Gasteiger partial charge in [0.25, 0.3) is 0 Å². The molecule has 0 aliphatic carbocycles. The first kappa shape index (κ1) is 12.2. The van der Waals surface area contributed by atoms with Crippen molar-refractivity contribution in [2.75, 3.05) is 7.11 Å². The maximum absolute atomic E-state index is 6.20. The van der Waals surface area contributed by atoms with E-state index < -0.39 is 0 Å². The molecule has 17 heavy (non-hydrogen) atoms. The van der Waals surface area contributed by atoms with Gasteiger partial charge >= 0.3 is 0 Å². The highest BCUT2D eigenvalue weighted by atomic mass is 16.5. The van der Waals surface area contributed by atoms with E-state index in [1.165, 1.54) is 0 Å². The van der Waals surface area contributed by atoms with Crippen LogP contribution in [0.4, 0.5) is 0 Å². The predicted octanol–water partition coefficient (Wildman–Crippen LogP) is 2.89. The van der Waals surface area contributed by atoms with E-state index >= 15 is 0 Å². The van der Waals surface area contributed by atoms with Crippen molar-refractivity contribution in [2.45, 2.75) is 38.8 Å². The minimum absolute atomic E-state index is 0.0533. The second kappa shape index (κ2) is 4.96. The fourth-order valence-electron chi connectivity index (χ4n) is 2.36. The maximum Gasteiger partial charge on any atom is 0.124 e. The van der Waals surface area contributed by atoms with Gasteiger partial charge in [0.05, 0.1) is 7.11 Å². The van der Waals surface area contributed by atoms with Crippen LogP contribution < -0.4 is 15.2 Å². The van der Waals surface area contributed by atoms with Gasteiger partial charge in [-0.1, -0.05) is 13.8 Å². The molecule has 2 N–H and O–H groups in total. The van der Waals surface area contributed by atoms with Crippen LogP contribution in [0.15, 0.2) is 18.2 Å². The lowest BCUT2D eigenvalue weighted by atomic mass is 9.93. The normalized spacial score (nSPS) is 23.1. The third-order valence-corrected chi connectivity index (χ3v) is 3.16. The van der Waals surface area contributed by atoms with Crippen molar-refractivity contribution >= 4 is 0 Å². The Bertz CT molecular complexity index is 390. The Labute approximate surface area is 103 Å². The monoisotopic (exact) mass is 235 g/mol.